The van der Waals surface area contributed by atoms with Crippen LogP contribution < -0.4 is 10.6 Å². The molecule has 0 bridgehead atoms. The van der Waals surface area contributed by atoms with Crippen LogP contribution in [-0.2, 0) is 4.79 Å². The first-order valence-electron chi connectivity index (χ1n) is 5.71. The Morgan fingerprint density at radius 1 is 1.59 bits per heavy atom. The zero-order valence-corrected chi connectivity index (χ0v) is 10.8. The van der Waals surface area contributed by atoms with E-state index in [1.807, 2.05) is 13.8 Å². The molecule has 92 valence electrons. The molecule has 2 rings (SSSR count). The molecule has 0 radical (unpaired) electrons. The molecule has 1 aliphatic heterocycles. The summed E-state index contributed by atoms with van der Waals surface area (Å²) < 4.78 is 0. The molecule has 1 unspecified atom stereocenters. The molecule has 2 heterocycles. The average molecular weight is 254 g/mol. The first-order valence-corrected chi connectivity index (χ1v) is 6.09. The Kier molecular flexibility index (Phi) is 3.35. The number of aryl methyl sites for hydroxylation is 1. The van der Waals surface area contributed by atoms with E-state index in [2.05, 4.69) is 15.6 Å². The van der Waals surface area contributed by atoms with Gasteiger partial charge in [-0.05, 0) is 45.4 Å². The predicted octanol–water partition coefficient (Wildman–Crippen LogP) is 2.12. The van der Waals surface area contributed by atoms with Gasteiger partial charge in [-0.2, -0.15) is 0 Å². The monoisotopic (exact) mass is 253 g/mol. The summed E-state index contributed by atoms with van der Waals surface area (Å²) in [6, 6.07) is 3.45. The van der Waals surface area contributed by atoms with Gasteiger partial charge in [0.25, 0.3) is 0 Å². The zero-order chi connectivity index (χ0) is 12.5. The molecule has 2 N–H and O–H groups in total. The Morgan fingerprint density at radius 2 is 2.35 bits per heavy atom. The third kappa shape index (κ3) is 2.58. The fraction of sp³-hybridized carbons (Fsp3) is 0.500. The number of aromatic nitrogens is 1. The highest BCUT2D eigenvalue weighted by Gasteiger charge is 2.35. The van der Waals surface area contributed by atoms with Crippen molar-refractivity contribution in [2.24, 2.45) is 0 Å². The zero-order valence-electron chi connectivity index (χ0n) is 10.0. The molecule has 5 heteroatoms. The number of carbonyl (C=O) groups is 1. The number of carbonyl (C=O) groups excluding carboxylic acids is 1. The van der Waals surface area contributed by atoms with Crippen LogP contribution in [0.3, 0.4) is 0 Å². The maximum Gasteiger partial charge on any atom is 0.244 e. The maximum absolute atomic E-state index is 12.1. The molecule has 1 aromatic heterocycles. The van der Waals surface area contributed by atoms with Crippen LogP contribution in [0.15, 0.2) is 12.1 Å². The highest BCUT2D eigenvalue weighted by Crippen LogP contribution is 2.22. The minimum absolute atomic E-state index is 0.0118. The van der Waals surface area contributed by atoms with Crippen LogP contribution in [0, 0.1) is 6.92 Å². The number of amides is 1. The van der Waals surface area contributed by atoms with Crippen LogP contribution >= 0.6 is 11.6 Å². The van der Waals surface area contributed by atoms with Crippen molar-refractivity contribution in [2.45, 2.75) is 32.2 Å². The Bertz CT molecular complexity index is 441. The molecule has 1 saturated heterocycles. The Balaban J connectivity index is 2.13. The van der Waals surface area contributed by atoms with E-state index in [4.69, 9.17) is 11.6 Å². The quantitative estimate of drug-likeness (QED) is 0.794. The van der Waals surface area contributed by atoms with Crippen LogP contribution in [0.4, 0.5) is 5.69 Å². The second kappa shape index (κ2) is 4.63. The van der Waals surface area contributed by atoms with Gasteiger partial charge in [-0.1, -0.05) is 11.6 Å². The van der Waals surface area contributed by atoms with E-state index in [0.29, 0.717) is 10.8 Å². The van der Waals surface area contributed by atoms with Crippen LogP contribution in [-0.4, -0.2) is 23.0 Å². The van der Waals surface area contributed by atoms with Gasteiger partial charge in [0.2, 0.25) is 5.91 Å². The van der Waals surface area contributed by atoms with Gasteiger partial charge in [0, 0.05) is 0 Å². The lowest BCUT2D eigenvalue weighted by atomic mass is 9.99. The number of nitrogens with one attached hydrogen (secondary N) is 2. The van der Waals surface area contributed by atoms with E-state index in [-0.39, 0.29) is 5.91 Å². The number of hydrogen-bond acceptors (Lipinski definition) is 3. The van der Waals surface area contributed by atoms with Crippen molar-refractivity contribution in [1.29, 1.82) is 0 Å². The third-order valence-corrected chi connectivity index (χ3v) is 3.38. The van der Waals surface area contributed by atoms with Crippen LogP contribution in [0.5, 0.6) is 0 Å². The summed E-state index contributed by atoms with van der Waals surface area (Å²) in [7, 11) is 0. The number of hydrogen-bond donors (Lipinski definition) is 2. The van der Waals surface area contributed by atoms with Crippen LogP contribution in [0.1, 0.15) is 25.5 Å². The lowest BCUT2D eigenvalue weighted by molar-refractivity contribution is -0.121. The lowest BCUT2D eigenvalue weighted by Gasteiger charge is -2.23. The van der Waals surface area contributed by atoms with E-state index >= 15 is 0 Å². The highest BCUT2D eigenvalue weighted by atomic mass is 35.5. The summed E-state index contributed by atoms with van der Waals surface area (Å²) in [4.78, 5) is 16.2. The minimum Gasteiger partial charge on any atom is -0.323 e. The van der Waals surface area contributed by atoms with Gasteiger partial charge in [0.15, 0.2) is 0 Å². The molecule has 0 spiro atoms. The SMILES string of the molecule is Cc1nc(Cl)ccc1NC(=O)C1(C)CCCN1. The number of anilines is 1. The van der Waals surface area contributed by atoms with Gasteiger partial charge in [-0.25, -0.2) is 4.98 Å². The van der Waals surface area contributed by atoms with Crippen molar-refractivity contribution in [2.75, 3.05) is 11.9 Å². The summed E-state index contributed by atoms with van der Waals surface area (Å²) in [5, 5.41) is 6.56. The van der Waals surface area contributed by atoms with Crippen LogP contribution in [0.25, 0.3) is 0 Å². The second-order valence-corrected chi connectivity index (χ2v) is 4.97. The van der Waals surface area contributed by atoms with Gasteiger partial charge >= 0.3 is 0 Å². The first kappa shape index (κ1) is 12.3. The molecule has 1 fully saturated rings. The van der Waals surface area contributed by atoms with Crippen molar-refractivity contribution in [3.8, 4) is 0 Å². The molecular formula is C12H16ClN3O. The summed E-state index contributed by atoms with van der Waals surface area (Å²) in [6.07, 6.45) is 1.89. The van der Waals surface area contributed by atoms with Crippen LogP contribution in [0.2, 0.25) is 5.15 Å². The molecule has 0 aliphatic carbocycles. The maximum atomic E-state index is 12.1. The summed E-state index contributed by atoms with van der Waals surface area (Å²) in [5.41, 5.74) is 0.980. The highest BCUT2D eigenvalue weighted by molar-refractivity contribution is 6.29. The molecule has 1 aromatic rings. The fourth-order valence-corrected chi connectivity index (χ4v) is 2.20. The molecule has 0 saturated carbocycles. The molecule has 1 aliphatic rings. The third-order valence-electron chi connectivity index (χ3n) is 3.17. The predicted molar refractivity (Wildman–Crippen MR) is 68.3 cm³/mol. The number of pyridine rings is 1. The van der Waals surface area contributed by atoms with E-state index in [1.165, 1.54) is 0 Å². The minimum atomic E-state index is -0.466. The lowest BCUT2D eigenvalue weighted by Crippen LogP contribution is -2.48. The van der Waals surface area contributed by atoms with E-state index in [0.717, 1.165) is 25.1 Å². The van der Waals surface area contributed by atoms with E-state index in [1.54, 1.807) is 12.1 Å². The fourth-order valence-electron chi connectivity index (χ4n) is 2.01. The van der Waals surface area contributed by atoms with Gasteiger partial charge in [-0.3, -0.25) is 4.79 Å². The molecule has 17 heavy (non-hydrogen) atoms. The Labute approximate surface area is 106 Å². The topological polar surface area (TPSA) is 54.0 Å². The van der Waals surface area contributed by atoms with Crippen molar-refractivity contribution < 1.29 is 4.79 Å². The average Bonchev–Trinajstić information content (AvgIpc) is 2.71. The van der Waals surface area contributed by atoms with Gasteiger partial charge < -0.3 is 10.6 Å². The summed E-state index contributed by atoms with van der Waals surface area (Å²) in [5.74, 6) is -0.0118. The smallest absolute Gasteiger partial charge is 0.244 e. The van der Waals surface area contributed by atoms with E-state index in [9.17, 15) is 4.79 Å². The number of rotatable bonds is 2. The van der Waals surface area contributed by atoms with Crippen molar-refractivity contribution in [1.82, 2.24) is 10.3 Å². The van der Waals surface area contributed by atoms with Crippen molar-refractivity contribution >= 4 is 23.2 Å². The summed E-state index contributed by atoms with van der Waals surface area (Å²) >= 11 is 5.77. The first-order chi connectivity index (χ1) is 8.01. The number of nitrogens with zero attached hydrogens (tertiary/aromatic N) is 1. The summed E-state index contributed by atoms with van der Waals surface area (Å²) in [6.45, 7) is 4.64. The molecule has 1 atom stereocenters. The van der Waals surface area contributed by atoms with Gasteiger partial charge in [0.1, 0.15) is 5.15 Å². The Hall–Kier alpha value is -1.13. The molecule has 0 aromatic carbocycles. The largest absolute Gasteiger partial charge is 0.323 e. The molecule has 1 amide bonds. The van der Waals surface area contributed by atoms with Crippen molar-refractivity contribution in [3.63, 3.8) is 0 Å². The standard InChI is InChI=1S/C12H16ClN3O/c1-8-9(4-5-10(13)15-8)16-11(17)12(2)6-3-7-14-12/h4-5,14H,3,6-7H2,1-2H3,(H,16,17). The number of halogens is 1. The van der Waals surface area contributed by atoms with Gasteiger partial charge in [0.05, 0.1) is 16.9 Å². The molecular weight excluding hydrogens is 238 g/mol. The Morgan fingerprint density at radius 3 is 2.94 bits per heavy atom. The van der Waals surface area contributed by atoms with Gasteiger partial charge in [-0.15, -0.1) is 0 Å². The normalized spacial score (nSPS) is 23.7. The molecule has 4 nitrogen and oxygen atoms in total. The van der Waals surface area contributed by atoms with Crippen molar-refractivity contribution in [3.05, 3.63) is 23.0 Å². The van der Waals surface area contributed by atoms with E-state index < -0.39 is 5.54 Å². The second-order valence-electron chi connectivity index (χ2n) is 4.58.